The molecule has 0 heterocycles. The summed E-state index contributed by atoms with van der Waals surface area (Å²) in [6.45, 7) is -0.619. The van der Waals surface area contributed by atoms with Crippen molar-refractivity contribution < 1.29 is 18.0 Å². The summed E-state index contributed by atoms with van der Waals surface area (Å²) < 4.78 is 29.0. The molecule has 0 aromatic heterocycles. The average molecular weight is 632 g/mol. The summed E-state index contributed by atoms with van der Waals surface area (Å²) in [4.78, 5) is 29.7. The molecule has 2 amide bonds. The van der Waals surface area contributed by atoms with E-state index in [0.717, 1.165) is 39.9 Å². The molecule has 1 unspecified atom stereocenters. The van der Waals surface area contributed by atoms with Crippen LogP contribution in [0.15, 0.2) is 78.9 Å². The number of rotatable bonds is 12. The molecule has 3 aromatic carbocycles. The smallest absolute Gasteiger partial charge is 0.304 e. The van der Waals surface area contributed by atoms with Gasteiger partial charge in [0, 0.05) is 48.7 Å². The van der Waals surface area contributed by atoms with Gasteiger partial charge in [-0.15, -0.1) is 0 Å². The Morgan fingerprint density at radius 2 is 1.45 bits per heavy atom. The molecule has 0 aliphatic heterocycles. The van der Waals surface area contributed by atoms with Gasteiger partial charge >= 0.3 is 10.2 Å². The minimum absolute atomic E-state index is 0.0200. The maximum absolute atomic E-state index is 14.3. The van der Waals surface area contributed by atoms with Crippen LogP contribution in [0, 0.1) is 0 Å². The topological polar surface area (TPSA) is 90.0 Å². The van der Waals surface area contributed by atoms with Gasteiger partial charge < -0.3 is 10.2 Å². The van der Waals surface area contributed by atoms with E-state index in [0.29, 0.717) is 21.3 Å². The summed E-state index contributed by atoms with van der Waals surface area (Å²) in [5, 5.41) is 3.83. The summed E-state index contributed by atoms with van der Waals surface area (Å²) in [7, 11) is -1.25. The van der Waals surface area contributed by atoms with Crippen molar-refractivity contribution in [2.45, 2.75) is 50.7 Å². The number of amides is 2. The molecule has 0 bridgehead atoms. The molecule has 1 aliphatic carbocycles. The Morgan fingerprint density at radius 1 is 0.881 bits per heavy atom. The highest BCUT2D eigenvalue weighted by Crippen LogP contribution is 2.28. The van der Waals surface area contributed by atoms with Gasteiger partial charge in [0.15, 0.2) is 0 Å². The third kappa shape index (κ3) is 7.83. The van der Waals surface area contributed by atoms with E-state index in [4.69, 9.17) is 23.2 Å². The van der Waals surface area contributed by atoms with E-state index in [2.05, 4.69) is 5.32 Å². The van der Waals surface area contributed by atoms with Crippen molar-refractivity contribution in [2.75, 3.05) is 24.9 Å². The van der Waals surface area contributed by atoms with Crippen LogP contribution in [-0.4, -0.2) is 62.2 Å². The first-order valence-electron chi connectivity index (χ1n) is 13.9. The molecule has 1 N–H and O–H groups in total. The fourth-order valence-corrected chi connectivity index (χ4v) is 6.66. The quantitative estimate of drug-likeness (QED) is 0.294. The van der Waals surface area contributed by atoms with Gasteiger partial charge in [0.2, 0.25) is 11.8 Å². The van der Waals surface area contributed by atoms with E-state index in [-0.39, 0.29) is 24.9 Å². The van der Waals surface area contributed by atoms with Gasteiger partial charge in [-0.3, -0.25) is 9.59 Å². The Bertz CT molecular complexity index is 1450. The SMILES string of the molecule is CN(C)S(=O)(=O)N(CC(=O)N(Cc1c(Cl)cccc1Cl)C(Cc1ccccc1)C(=O)NC1CCCC1)c1ccccc1. The number of carbonyl (C=O) groups is 2. The molecular formula is C31H36Cl2N4O4S. The van der Waals surface area contributed by atoms with Gasteiger partial charge in [-0.2, -0.15) is 12.7 Å². The Kier molecular flexibility index (Phi) is 10.9. The first-order chi connectivity index (χ1) is 20.1. The average Bonchev–Trinajstić information content (AvgIpc) is 3.48. The van der Waals surface area contributed by atoms with Gasteiger partial charge in [-0.1, -0.05) is 90.6 Å². The Morgan fingerprint density at radius 3 is 2.02 bits per heavy atom. The van der Waals surface area contributed by atoms with Gasteiger partial charge in [-0.05, 0) is 42.7 Å². The van der Waals surface area contributed by atoms with Crippen LogP contribution in [0.5, 0.6) is 0 Å². The lowest BCUT2D eigenvalue weighted by atomic mass is 10.0. The second kappa shape index (κ2) is 14.4. The summed E-state index contributed by atoms with van der Waals surface area (Å²) in [5.41, 5.74) is 1.65. The van der Waals surface area contributed by atoms with Crippen LogP contribution in [0.4, 0.5) is 5.69 Å². The summed E-state index contributed by atoms with van der Waals surface area (Å²) in [6.07, 6.45) is 4.02. The van der Waals surface area contributed by atoms with Crippen LogP contribution in [-0.2, 0) is 32.8 Å². The van der Waals surface area contributed by atoms with Gasteiger partial charge in [-0.25, -0.2) is 4.31 Å². The highest BCUT2D eigenvalue weighted by atomic mass is 35.5. The highest BCUT2D eigenvalue weighted by molar-refractivity contribution is 7.90. The molecule has 8 nitrogen and oxygen atoms in total. The van der Waals surface area contributed by atoms with Gasteiger partial charge in [0.05, 0.1) is 5.69 Å². The lowest BCUT2D eigenvalue weighted by Gasteiger charge is -2.35. The number of hydrogen-bond donors (Lipinski definition) is 1. The monoisotopic (exact) mass is 630 g/mol. The molecule has 1 fully saturated rings. The number of hydrogen-bond acceptors (Lipinski definition) is 4. The zero-order chi connectivity index (χ0) is 30.3. The first kappa shape index (κ1) is 31.8. The number of para-hydroxylation sites is 1. The second-order valence-corrected chi connectivity index (χ2v) is 13.4. The number of benzene rings is 3. The van der Waals surface area contributed by atoms with E-state index in [1.54, 1.807) is 48.5 Å². The van der Waals surface area contributed by atoms with Crippen LogP contribution in [0.1, 0.15) is 36.8 Å². The minimum Gasteiger partial charge on any atom is -0.352 e. The van der Waals surface area contributed by atoms with Crippen molar-refractivity contribution in [1.82, 2.24) is 14.5 Å². The predicted octanol–water partition coefficient (Wildman–Crippen LogP) is 5.31. The molecule has 4 rings (SSSR count). The van der Waals surface area contributed by atoms with Crippen LogP contribution >= 0.6 is 23.2 Å². The highest BCUT2D eigenvalue weighted by Gasteiger charge is 2.36. The van der Waals surface area contributed by atoms with Crippen molar-refractivity contribution >= 4 is 50.9 Å². The number of halogens is 2. The molecule has 1 atom stereocenters. The van der Waals surface area contributed by atoms with Crippen molar-refractivity contribution in [1.29, 1.82) is 0 Å². The lowest BCUT2D eigenvalue weighted by molar-refractivity contribution is -0.140. The standard InChI is InChI=1S/C31H36Cl2N4O4S/c1-35(2)42(40,41)37(25-16-7-4-8-17-25)22-30(38)36(21-26-27(32)18-11-19-28(26)33)29(20-23-12-5-3-6-13-23)31(39)34-24-14-9-10-15-24/h3-8,11-13,16-19,24,29H,9-10,14-15,20-22H2,1-2H3,(H,34,39). The van der Waals surface area contributed by atoms with Crippen LogP contribution in [0.3, 0.4) is 0 Å². The zero-order valence-corrected chi connectivity index (χ0v) is 26.1. The summed E-state index contributed by atoms with van der Waals surface area (Å²) in [6, 6.07) is 21.9. The normalized spacial score (nSPS) is 14.5. The van der Waals surface area contributed by atoms with E-state index in [1.807, 2.05) is 30.3 Å². The molecule has 42 heavy (non-hydrogen) atoms. The third-order valence-corrected chi connectivity index (χ3v) is 9.95. The van der Waals surface area contributed by atoms with E-state index in [9.17, 15) is 18.0 Å². The molecule has 0 radical (unpaired) electrons. The summed E-state index contributed by atoms with van der Waals surface area (Å²) >= 11 is 13.1. The van der Waals surface area contributed by atoms with Crippen LogP contribution < -0.4 is 9.62 Å². The van der Waals surface area contributed by atoms with Gasteiger partial charge in [0.25, 0.3) is 0 Å². The molecule has 224 valence electrons. The van der Waals surface area contributed by atoms with E-state index in [1.165, 1.54) is 19.0 Å². The third-order valence-electron chi connectivity index (χ3n) is 7.43. The van der Waals surface area contributed by atoms with Crippen LogP contribution in [0.2, 0.25) is 10.0 Å². The van der Waals surface area contributed by atoms with Crippen molar-refractivity contribution in [2.24, 2.45) is 0 Å². The zero-order valence-electron chi connectivity index (χ0n) is 23.7. The van der Waals surface area contributed by atoms with Crippen molar-refractivity contribution in [3.63, 3.8) is 0 Å². The van der Waals surface area contributed by atoms with E-state index < -0.39 is 28.7 Å². The molecule has 3 aromatic rings. The maximum Gasteiger partial charge on any atom is 0.304 e. The molecule has 0 spiro atoms. The molecule has 11 heteroatoms. The molecule has 1 saturated carbocycles. The Balaban J connectivity index is 1.78. The second-order valence-electron chi connectivity index (χ2n) is 10.5. The lowest BCUT2D eigenvalue weighted by Crippen LogP contribution is -2.55. The predicted molar refractivity (Wildman–Crippen MR) is 168 cm³/mol. The molecule has 1 aliphatic rings. The van der Waals surface area contributed by atoms with Gasteiger partial charge in [0.1, 0.15) is 12.6 Å². The van der Waals surface area contributed by atoms with Crippen molar-refractivity contribution in [3.8, 4) is 0 Å². The maximum atomic E-state index is 14.3. The number of carbonyl (C=O) groups excluding carboxylic acids is 2. The van der Waals surface area contributed by atoms with Crippen LogP contribution in [0.25, 0.3) is 0 Å². The Labute approximate surface area is 258 Å². The number of anilines is 1. The number of nitrogens with zero attached hydrogens (tertiary/aromatic N) is 3. The largest absolute Gasteiger partial charge is 0.352 e. The minimum atomic E-state index is -4.07. The van der Waals surface area contributed by atoms with E-state index >= 15 is 0 Å². The summed E-state index contributed by atoms with van der Waals surface area (Å²) in [5.74, 6) is -0.869. The fraction of sp³-hybridized carbons (Fsp3) is 0.355. The molecular weight excluding hydrogens is 595 g/mol. The Hall–Kier alpha value is -3.11. The first-order valence-corrected chi connectivity index (χ1v) is 16.0. The molecule has 0 saturated heterocycles. The fourth-order valence-electron chi connectivity index (χ4n) is 5.09. The van der Waals surface area contributed by atoms with Crippen molar-refractivity contribution in [3.05, 3.63) is 100 Å². The number of nitrogens with one attached hydrogen (secondary N) is 1.